The van der Waals surface area contributed by atoms with Crippen molar-refractivity contribution in [1.29, 1.82) is 0 Å². The number of nitrogens with two attached hydrogens (primary N) is 1. The zero-order chi connectivity index (χ0) is 14.4. The molecule has 1 atom stereocenters. The maximum Gasteiger partial charge on any atom is 0.0834 e. The van der Waals surface area contributed by atoms with Gasteiger partial charge in [0.05, 0.1) is 30.1 Å². The fourth-order valence-corrected chi connectivity index (χ4v) is 2.38. The quantitative estimate of drug-likeness (QED) is 0.850. The molecule has 0 aliphatic carbocycles. The number of methoxy groups -OCH3 is 1. The van der Waals surface area contributed by atoms with Crippen LogP contribution in [-0.2, 0) is 17.7 Å². The maximum absolute atomic E-state index is 6.25. The number of pyridine rings is 1. The number of nitrogens with zero attached hydrogens (tertiary/aromatic N) is 3. The van der Waals surface area contributed by atoms with Gasteiger partial charge in [-0.1, -0.05) is 17.7 Å². The Morgan fingerprint density at radius 3 is 3.00 bits per heavy atom. The van der Waals surface area contributed by atoms with Gasteiger partial charge in [0.2, 0.25) is 0 Å². The van der Waals surface area contributed by atoms with Crippen LogP contribution in [0.4, 0.5) is 0 Å². The van der Waals surface area contributed by atoms with Gasteiger partial charge in [-0.15, -0.1) is 0 Å². The Balaban J connectivity index is 2.01. The second-order valence-corrected chi connectivity index (χ2v) is 5.01. The predicted octanol–water partition coefficient (Wildman–Crippen LogP) is 2.21. The highest BCUT2D eigenvalue weighted by Gasteiger charge is 2.16. The lowest BCUT2D eigenvalue weighted by molar-refractivity contribution is 0.182. The fourth-order valence-electron chi connectivity index (χ4n) is 2.10. The molecule has 0 bridgehead atoms. The number of halogens is 1. The summed E-state index contributed by atoms with van der Waals surface area (Å²) in [5.74, 6) is 0. The molecule has 2 aromatic rings. The van der Waals surface area contributed by atoms with Crippen LogP contribution >= 0.6 is 11.6 Å². The van der Waals surface area contributed by atoms with Gasteiger partial charge in [0.25, 0.3) is 0 Å². The molecule has 2 N–H and O–H groups in total. The third kappa shape index (κ3) is 3.79. The molecule has 0 aliphatic rings. The monoisotopic (exact) mass is 294 g/mol. The largest absolute Gasteiger partial charge is 0.383 e. The molecule has 0 aliphatic heterocycles. The van der Waals surface area contributed by atoms with Gasteiger partial charge < -0.3 is 10.5 Å². The van der Waals surface area contributed by atoms with Crippen LogP contribution in [0, 0.1) is 0 Å². The molecule has 108 valence electrons. The van der Waals surface area contributed by atoms with E-state index < -0.39 is 0 Å². The normalized spacial score (nSPS) is 12.6. The molecule has 1 unspecified atom stereocenters. The second kappa shape index (κ2) is 7.38. The summed E-state index contributed by atoms with van der Waals surface area (Å²) in [6, 6.07) is 3.82. The van der Waals surface area contributed by atoms with Crippen molar-refractivity contribution in [2.75, 3.05) is 13.7 Å². The molecule has 6 heteroatoms. The summed E-state index contributed by atoms with van der Waals surface area (Å²) < 4.78 is 6.89. The molecule has 0 spiro atoms. The molecule has 0 fully saturated rings. The molecule has 0 saturated heterocycles. The molecule has 0 amide bonds. The zero-order valence-electron chi connectivity index (χ0n) is 11.5. The standard InChI is InChI=1S/C14H19ClN4O/c1-20-8-7-19-14(12(15)10-18-19)13(16)5-4-11-3-2-6-17-9-11/h2-3,6,9-10,13H,4-5,7-8,16H2,1H3. The Morgan fingerprint density at radius 1 is 1.45 bits per heavy atom. The zero-order valence-corrected chi connectivity index (χ0v) is 12.3. The van der Waals surface area contributed by atoms with E-state index >= 15 is 0 Å². The van der Waals surface area contributed by atoms with Crippen molar-refractivity contribution in [1.82, 2.24) is 14.8 Å². The van der Waals surface area contributed by atoms with Crippen LogP contribution in [0.1, 0.15) is 23.7 Å². The number of ether oxygens (including phenoxy) is 1. The molecule has 5 nitrogen and oxygen atoms in total. The molecule has 2 heterocycles. The van der Waals surface area contributed by atoms with Gasteiger partial charge >= 0.3 is 0 Å². The lowest BCUT2D eigenvalue weighted by atomic mass is 10.0. The second-order valence-electron chi connectivity index (χ2n) is 4.60. The Labute approximate surface area is 123 Å². The van der Waals surface area contributed by atoms with Crippen LogP contribution in [-0.4, -0.2) is 28.5 Å². The van der Waals surface area contributed by atoms with E-state index in [4.69, 9.17) is 22.1 Å². The Kier molecular flexibility index (Phi) is 5.52. The first-order valence-electron chi connectivity index (χ1n) is 6.57. The van der Waals surface area contributed by atoms with Gasteiger partial charge in [-0.05, 0) is 24.5 Å². The van der Waals surface area contributed by atoms with Gasteiger partial charge in [-0.25, -0.2) is 0 Å². The summed E-state index contributed by atoms with van der Waals surface area (Å²) in [5, 5.41) is 4.85. The number of aromatic nitrogens is 3. The molecule has 0 saturated carbocycles. The van der Waals surface area contributed by atoms with Crippen molar-refractivity contribution in [3.8, 4) is 0 Å². The van der Waals surface area contributed by atoms with Crippen LogP contribution in [0.5, 0.6) is 0 Å². The summed E-state index contributed by atoms with van der Waals surface area (Å²) in [4.78, 5) is 4.10. The number of hydrogen-bond acceptors (Lipinski definition) is 4. The highest BCUT2D eigenvalue weighted by Crippen LogP contribution is 2.24. The summed E-state index contributed by atoms with van der Waals surface area (Å²) in [6.07, 6.45) is 6.91. The maximum atomic E-state index is 6.25. The van der Waals surface area contributed by atoms with E-state index in [0.717, 1.165) is 18.5 Å². The van der Waals surface area contributed by atoms with Crippen LogP contribution in [0.3, 0.4) is 0 Å². The molecule has 0 aromatic carbocycles. The summed E-state index contributed by atoms with van der Waals surface area (Å²) in [7, 11) is 1.66. The van der Waals surface area contributed by atoms with E-state index in [9.17, 15) is 0 Å². The predicted molar refractivity (Wildman–Crippen MR) is 78.6 cm³/mol. The highest BCUT2D eigenvalue weighted by atomic mass is 35.5. The minimum Gasteiger partial charge on any atom is -0.383 e. The minimum absolute atomic E-state index is 0.151. The van der Waals surface area contributed by atoms with Crippen LogP contribution in [0.15, 0.2) is 30.7 Å². The lowest BCUT2D eigenvalue weighted by Gasteiger charge is -2.15. The summed E-state index contributed by atoms with van der Waals surface area (Å²) in [5.41, 5.74) is 8.29. The van der Waals surface area contributed by atoms with E-state index in [2.05, 4.69) is 10.1 Å². The summed E-state index contributed by atoms with van der Waals surface area (Å²) >= 11 is 6.18. The molecular weight excluding hydrogens is 276 g/mol. The average Bonchev–Trinajstić information content (AvgIpc) is 2.84. The molecule has 0 radical (unpaired) electrons. The third-order valence-corrected chi connectivity index (χ3v) is 3.45. The first-order valence-corrected chi connectivity index (χ1v) is 6.94. The SMILES string of the molecule is COCCn1ncc(Cl)c1C(N)CCc1cccnc1. The van der Waals surface area contributed by atoms with Gasteiger partial charge in [0.15, 0.2) is 0 Å². The fraction of sp³-hybridized carbons (Fsp3) is 0.429. The van der Waals surface area contributed by atoms with Crippen LogP contribution in [0.25, 0.3) is 0 Å². The molecule has 20 heavy (non-hydrogen) atoms. The number of aryl methyl sites for hydroxylation is 1. The third-order valence-electron chi connectivity index (χ3n) is 3.16. The number of hydrogen-bond donors (Lipinski definition) is 1. The van der Waals surface area contributed by atoms with E-state index in [1.165, 1.54) is 5.56 Å². The van der Waals surface area contributed by atoms with Crippen molar-refractivity contribution >= 4 is 11.6 Å². The van der Waals surface area contributed by atoms with Gasteiger partial charge in [0.1, 0.15) is 0 Å². The summed E-state index contributed by atoms with van der Waals surface area (Å²) in [6.45, 7) is 1.24. The lowest BCUT2D eigenvalue weighted by Crippen LogP contribution is -2.19. The van der Waals surface area contributed by atoms with Crippen molar-refractivity contribution in [2.24, 2.45) is 5.73 Å². The van der Waals surface area contributed by atoms with Gasteiger partial charge in [-0.2, -0.15) is 5.10 Å². The molecule has 2 aromatic heterocycles. The first-order chi connectivity index (χ1) is 9.72. The van der Waals surface area contributed by atoms with E-state index in [0.29, 0.717) is 18.2 Å². The topological polar surface area (TPSA) is 66.0 Å². The van der Waals surface area contributed by atoms with E-state index in [1.54, 1.807) is 19.5 Å². The molecular formula is C14H19ClN4O. The average molecular weight is 295 g/mol. The van der Waals surface area contributed by atoms with Crippen molar-refractivity contribution in [3.63, 3.8) is 0 Å². The Hall–Kier alpha value is -1.43. The first kappa shape index (κ1) is 15.0. The Morgan fingerprint density at radius 2 is 2.30 bits per heavy atom. The van der Waals surface area contributed by atoms with Gasteiger partial charge in [-0.3, -0.25) is 9.67 Å². The van der Waals surface area contributed by atoms with Crippen molar-refractivity contribution in [3.05, 3.63) is 47.0 Å². The van der Waals surface area contributed by atoms with Crippen molar-refractivity contribution < 1.29 is 4.74 Å². The smallest absolute Gasteiger partial charge is 0.0834 e. The van der Waals surface area contributed by atoms with Crippen LogP contribution in [0.2, 0.25) is 5.02 Å². The van der Waals surface area contributed by atoms with Crippen LogP contribution < -0.4 is 5.73 Å². The Bertz CT molecular complexity index is 529. The van der Waals surface area contributed by atoms with Crippen molar-refractivity contribution in [2.45, 2.75) is 25.4 Å². The molecule has 2 rings (SSSR count). The van der Waals surface area contributed by atoms with E-state index in [-0.39, 0.29) is 6.04 Å². The highest BCUT2D eigenvalue weighted by molar-refractivity contribution is 6.31. The minimum atomic E-state index is -0.151. The number of rotatable bonds is 7. The van der Waals surface area contributed by atoms with E-state index in [1.807, 2.05) is 23.0 Å². The van der Waals surface area contributed by atoms with Gasteiger partial charge in [0, 0.05) is 25.5 Å².